The lowest BCUT2D eigenvalue weighted by atomic mass is 10.2. The molecule has 0 radical (unpaired) electrons. The smallest absolute Gasteiger partial charge is 0.131 e. The first-order valence-corrected chi connectivity index (χ1v) is 7.92. The van der Waals surface area contributed by atoms with Crippen LogP contribution in [0.15, 0.2) is 5.03 Å². The van der Waals surface area contributed by atoms with Crippen LogP contribution < -0.4 is 5.11 Å². The second kappa shape index (κ2) is 5.88. The Kier molecular flexibility index (Phi) is 4.42. The van der Waals surface area contributed by atoms with Gasteiger partial charge in [-0.3, -0.25) is 0 Å². The zero-order chi connectivity index (χ0) is 14.0. The average molecular weight is 295 g/mol. The van der Waals surface area contributed by atoms with Gasteiger partial charge >= 0.3 is 0 Å². The summed E-state index contributed by atoms with van der Waals surface area (Å²) in [5.41, 5.74) is 1.14. The van der Waals surface area contributed by atoms with Crippen LogP contribution in [0.3, 0.4) is 0 Å². The highest BCUT2D eigenvalue weighted by Gasteiger charge is 2.14. The molecule has 0 saturated heterocycles. The predicted molar refractivity (Wildman–Crippen MR) is 76.6 cm³/mol. The maximum atomic E-state index is 10.6. The minimum Gasteiger partial charge on any atom is -0.549 e. The largest absolute Gasteiger partial charge is 0.549 e. The summed E-state index contributed by atoms with van der Waals surface area (Å²) in [7, 11) is 0. The Labute approximate surface area is 120 Å². The highest BCUT2D eigenvalue weighted by Crippen LogP contribution is 2.35. The number of aromatic nitrogens is 2. The number of carbonyl (C=O) groups excluding carboxylic acids is 1. The van der Waals surface area contributed by atoms with Crippen molar-refractivity contribution in [2.45, 2.75) is 38.6 Å². The first kappa shape index (κ1) is 14.3. The van der Waals surface area contributed by atoms with E-state index in [0.717, 1.165) is 39.5 Å². The van der Waals surface area contributed by atoms with E-state index in [1.165, 1.54) is 16.6 Å². The average Bonchev–Trinajstić information content (AvgIpc) is 2.62. The summed E-state index contributed by atoms with van der Waals surface area (Å²) < 4.78 is 0. The van der Waals surface area contributed by atoms with Gasteiger partial charge < -0.3 is 9.90 Å². The number of fused-ring (bicyclic) bond motifs is 1. The van der Waals surface area contributed by atoms with Gasteiger partial charge in [0.2, 0.25) is 0 Å². The zero-order valence-electron chi connectivity index (χ0n) is 11.1. The third kappa shape index (κ3) is 3.06. The number of aliphatic carboxylic acids is 1. The number of carboxylic acid groups (broad SMARTS) is 1. The molecule has 6 heteroatoms. The van der Waals surface area contributed by atoms with E-state index in [4.69, 9.17) is 0 Å². The molecule has 2 rings (SSSR count). The molecule has 0 fully saturated rings. The molecule has 0 saturated carbocycles. The fourth-order valence-electron chi connectivity index (χ4n) is 1.82. The van der Waals surface area contributed by atoms with Crippen LogP contribution >= 0.6 is 23.1 Å². The van der Waals surface area contributed by atoms with Gasteiger partial charge in [0.1, 0.15) is 15.7 Å². The Hall–Kier alpha value is -1.14. The van der Waals surface area contributed by atoms with E-state index in [-0.39, 0.29) is 5.75 Å². The molecule has 2 aromatic rings. The van der Waals surface area contributed by atoms with Gasteiger partial charge in [-0.1, -0.05) is 18.7 Å². The van der Waals surface area contributed by atoms with Gasteiger partial charge in [0.05, 0.1) is 5.97 Å². The van der Waals surface area contributed by atoms with Crippen LogP contribution in [0.2, 0.25) is 0 Å². The summed E-state index contributed by atoms with van der Waals surface area (Å²) in [6.45, 7) is 6.15. The number of carbonyl (C=O) groups is 1. The van der Waals surface area contributed by atoms with Crippen LogP contribution in [-0.4, -0.2) is 21.7 Å². The number of carboxylic acids is 1. The Morgan fingerprint density at radius 1 is 1.37 bits per heavy atom. The summed E-state index contributed by atoms with van der Waals surface area (Å²) in [5.74, 6) is -0.359. The number of thioether (sulfide) groups is 1. The fourth-order valence-corrected chi connectivity index (χ4v) is 3.75. The standard InChI is InChI=1S/C13H16N2O2S2/c1-4-5-9-14-12(18-6-10(16)17)11-7(2)8(3)19-13(11)15-9/h4-6H2,1-3H3,(H,16,17)/p-1. The van der Waals surface area contributed by atoms with Crippen LogP contribution in [0.4, 0.5) is 0 Å². The van der Waals surface area contributed by atoms with E-state index in [1.807, 2.05) is 13.8 Å². The van der Waals surface area contributed by atoms with Crippen LogP contribution in [0, 0.1) is 13.8 Å². The molecule has 0 aliphatic rings. The molecule has 0 unspecified atom stereocenters. The Balaban J connectivity index is 2.52. The van der Waals surface area contributed by atoms with Crippen molar-refractivity contribution in [1.82, 2.24) is 9.97 Å². The first-order valence-electron chi connectivity index (χ1n) is 6.12. The molecule has 0 amide bonds. The molecule has 2 heterocycles. The third-order valence-corrected chi connectivity index (χ3v) is 4.89. The minimum atomic E-state index is -1.07. The first-order chi connectivity index (χ1) is 9.02. The van der Waals surface area contributed by atoms with Crippen molar-refractivity contribution in [2.75, 3.05) is 5.75 Å². The zero-order valence-corrected chi connectivity index (χ0v) is 12.8. The molecule has 0 aliphatic heterocycles. The minimum absolute atomic E-state index is 0.0774. The van der Waals surface area contributed by atoms with Crippen LogP contribution in [-0.2, 0) is 11.2 Å². The van der Waals surface area contributed by atoms with Crippen LogP contribution in [0.25, 0.3) is 10.2 Å². The van der Waals surface area contributed by atoms with Crippen molar-refractivity contribution in [3.8, 4) is 0 Å². The number of hydrogen-bond acceptors (Lipinski definition) is 6. The quantitative estimate of drug-likeness (QED) is 0.624. The number of hydrogen-bond donors (Lipinski definition) is 0. The molecule has 0 aliphatic carbocycles. The van der Waals surface area contributed by atoms with Gasteiger partial charge in [-0.2, -0.15) is 0 Å². The van der Waals surface area contributed by atoms with Gasteiger partial charge in [-0.15, -0.1) is 11.3 Å². The molecule has 102 valence electrons. The fraction of sp³-hybridized carbons (Fsp3) is 0.462. The summed E-state index contributed by atoms with van der Waals surface area (Å²) in [6, 6.07) is 0. The highest BCUT2D eigenvalue weighted by atomic mass is 32.2. The van der Waals surface area contributed by atoms with E-state index in [9.17, 15) is 9.90 Å². The lowest BCUT2D eigenvalue weighted by Gasteiger charge is -2.06. The van der Waals surface area contributed by atoms with Crippen LogP contribution in [0.1, 0.15) is 29.6 Å². The lowest BCUT2D eigenvalue weighted by molar-refractivity contribution is -0.301. The van der Waals surface area contributed by atoms with Crippen molar-refractivity contribution < 1.29 is 9.90 Å². The van der Waals surface area contributed by atoms with Crippen LogP contribution in [0.5, 0.6) is 0 Å². The highest BCUT2D eigenvalue weighted by molar-refractivity contribution is 8.00. The molecule has 0 spiro atoms. The maximum Gasteiger partial charge on any atom is 0.131 e. The molecule has 0 atom stereocenters. The maximum absolute atomic E-state index is 10.6. The Bertz CT molecular complexity index is 623. The number of rotatable bonds is 5. The monoisotopic (exact) mass is 295 g/mol. The van der Waals surface area contributed by atoms with Crippen molar-refractivity contribution in [3.63, 3.8) is 0 Å². The molecule has 19 heavy (non-hydrogen) atoms. The van der Waals surface area contributed by atoms with Gasteiger partial charge in [0.15, 0.2) is 0 Å². The van der Waals surface area contributed by atoms with Crippen molar-refractivity contribution in [1.29, 1.82) is 0 Å². The summed E-state index contributed by atoms with van der Waals surface area (Å²) in [5, 5.41) is 12.4. The number of aryl methyl sites for hydroxylation is 3. The van der Waals surface area contributed by atoms with E-state index in [1.54, 1.807) is 11.3 Å². The normalized spacial score (nSPS) is 11.1. The van der Waals surface area contributed by atoms with E-state index in [2.05, 4.69) is 16.9 Å². The molecular formula is C13H15N2O2S2-. The van der Waals surface area contributed by atoms with E-state index in [0.29, 0.717) is 0 Å². The Morgan fingerprint density at radius 2 is 2.11 bits per heavy atom. The second-order valence-corrected chi connectivity index (χ2v) is 6.49. The second-order valence-electron chi connectivity index (χ2n) is 4.32. The molecule has 0 aromatic carbocycles. The summed E-state index contributed by atoms with van der Waals surface area (Å²) in [4.78, 5) is 21.9. The molecular weight excluding hydrogens is 280 g/mol. The van der Waals surface area contributed by atoms with Gasteiger partial charge in [-0.25, -0.2) is 9.97 Å². The predicted octanol–water partition coefficient (Wildman–Crippen LogP) is 2.10. The molecule has 0 bridgehead atoms. The van der Waals surface area contributed by atoms with Crippen molar-refractivity contribution in [2.24, 2.45) is 0 Å². The van der Waals surface area contributed by atoms with Crippen molar-refractivity contribution in [3.05, 3.63) is 16.3 Å². The summed E-state index contributed by atoms with van der Waals surface area (Å²) in [6.07, 6.45) is 1.78. The topological polar surface area (TPSA) is 65.9 Å². The number of thiophene rings is 1. The lowest BCUT2D eigenvalue weighted by Crippen LogP contribution is -2.24. The molecule has 4 nitrogen and oxygen atoms in total. The van der Waals surface area contributed by atoms with E-state index < -0.39 is 5.97 Å². The number of nitrogens with zero attached hydrogens (tertiary/aromatic N) is 2. The van der Waals surface area contributed by atoms with Crippen molar-refractivity contribution >= 4 is 39.3 Å². The summed E-state index contributed by atoms with van der Waals surface area (Å²) >= 11 is 2.86. The van der Waals surface area contributed by atoms with Gasteiger partial charge in [0, 0.05) is 22.4 Å². The molecule has 2 aromatic heterocycles. The molecule has 0 N–H and O–H groups in total. The Morgan fingerprint density at radius 3 is 2.74 bits per heavy atom. The van der Waals surface area contributed by atoms with Gasteiger partial charge in [-0.05, 0) is 25.8 Å². The third-order valence-electron chi connectivity index (χ3n) is 2.84. The SMILES string of the molecule is CCCc1nc(SCC(=O)[O-])c2c(C)c(C)sc2n1. The van der Waals surface area contributed by atoms with Gasteiger partial charge in [0.25, 0.3) is 0 Å². The van der Waals surface area contributed by atoms with E-state index >= 15 is 0 Å².